The van der Waals surface area contributed by atoms with Crippen LogP contribution in [0, 0.1) is 6.92 Å². The fourth-order valence-electron chi connectivity index (χ4n) is 3.64. The van der Waals surface area contributed by atoms with Crippen LogP contribution in [0.4, 0.5) is 0 Å². The lowest BCUT2D eigenvalue weighted by Gasteiger charge is -2.12. The predicted molar refractivity (Wildman–Crippen MR) is 133 cm³/mol. The Labute approximate surface area is 198 Å². The van der Waals surface area contributed by atoms with Crippen molar-refractivity contribution < 1.29 is 19.0 Å². The number of para-hydroxylation sites is 1. The minimum absolute atomic E-state index is 0.337. The third-order valence-corrected chi connectivity index (χ3v) is 5.37. The van der Waals surface area contributed by atoms with E-state index >= 15 is 0 Å². The largest absolute Gasteiger partial charge is 0.493 e. The van der Waals surface area contributed by atoms with Gasteiger partial charge in [0.05, 0.1) is 44.3 Å². The van der Waals surface area contributed by atoms with Crippen LogP contribution in [-0.2, 0) is 0 Å². The second-order valence-corrected chi connectivity index (χ2v) is 7.60. The number of amides is 1. The van der Waals surface area contributed by atoms with Gasteiger partial charge in [0.25, 0.3) is 5.91 Å². The molecule has 0 saturated carbocycles. The normalized spacial score (nSPS) is 10.9. The Kier molecular flexibility index (Phi) is 6.73. The van der Waals surface area contributed by atoms with Crippen molar-refractivity contribution in [2.24, 2.45) is 5.10 Å². The molecule has 1 heterocycles. The van der Waals surface area contributed by atoms with E-state index in [2.05, 4.69) is 10.5 Å². The van der Waals surface area contributed by atoms with E-state index in [4.69, 9.17) is 19.2 Å². The second-order valence-electron chi connectivity index (χ2n) is 7.60. The molecular weight excluding hydrogens is 430 g/mol. The molecule has 0 bridgehead atoms. The summed E-state index contributed by atoms with van der Waals surface area (Å²) in [6.45, 7) is 2.03. The monoisotopic (exact) mass is 455 g/mol. The highest BCUT2D eigenvalue weighted by atomic mass is 16.5. The maximum absolute atomic E-state index is 13.1. The van der Waals surface area contributed by atoms with Crippen LogP contribution < -0.4 is 19.6 Å². The first-order valence-electron chi connectivity index (χ1n) is 10.6. The Morgan fingerprint density at radius 1 is 0.912 bits per heavy atom. The number of carbonyl (C=O) groups excluding carboxylic acids is 1. The van der Waals surface area contributed by atoms with Crippen molar-refractivity contribution in [2.45, 2.75) is 6.92 Å². The van der Waals surface area contributed by atoms with Crippen LogP contribution in [0.25, 0.3) is 22.2 Å². The number of nitrogens with zero attached hydrogens (tertiary/aromatic N) is 2. The van der Waals surface area contributed by atoms with E-state index in [-0.39, 0.29) is 5.91 Å². The molecule has 1 N–H and O–H groups in total. The molecule has 34 heavy (non-hydrogen) atoms. The molecule has 0 fully saturated rings. The number of hydrogen-bond acceptors (Lipinski definition) is 6. The minimum Gasteiger partial charge on any atom is -0.493 e. The van der Waals surface area contributed by atoms with Gasteiger partial charge in [0, 0.05) is 16.5 Å². The van der Waals surface area contributed by atoms with Gasteiger partial charge in [-0.1, -0.05) is 48.0 Å². The summed E-state index contributed by atoms with van der Waals surface area (Å²) in [4.78, 5) is 17.9. The Morgan fingerprint density at radius 3 is 2.24 bits per heavy atom. The van der Waals surface area contributed by atoms with Crippen LogP contribution in [0.3, 0.4) is 0 Å². The van der Waals surface area contributed by atoms with E-state index < -0.39 is 0 Å². The first-order valence-corrected chi connectivity index (χ1v) is 10.6. The van der Waals surface area contributed by atoms with Gasteiger partial charge in [-0.3, -0.25) is 4.79 Å². The van der Waals surface area contributed by atoms with E-state index in [1.165, 1.54) is 13.3 Å². The van der Waals surface area contributed by atoms with Crippen molar-refractivity contribution in [1.29, 1.82) is 0 Å². The van der Waals surface area contributed by atoms with Crippen LogP contribution in [0.15, 0.2) is 71.8 Å². The lowest BCUT2D eigenvalue weighted by molar-refractivity contribution is 0.0956. The molecule has 0 radical (unpaired) electrons. The fourth-order valence-corrected chi connectivity index (χ4v) is 3.64. The van der Waals surface area contributed by atoms with Crippen molar-refractivity contribution in [1.82, 2.24) is 10.4 Å². The minimum atomic E-state index is -0.337. The number of benzene rings is 3. The van der Waals surface area contributed by atoms with Crippen LogP contribution in [0.1, 0.15) is 21.5 Å². The van der Waals surface area contributed by atoms with Gasteiger partial charge in [0.15, 0.2) is 11.5 Å². The number of aryl methyl sites for hydroxylation is 1. The molecule has 7 nitrogen and oxygen atoms in total. The highest BCUT2D eigenvalue weighted by Gasteiger charge is 2.15. The van der Waals surface area contributed by atoms with E-state index in [9.17, 15) is 4.79 Å². The first kappa shape index (κ1) is 22.8. The maximum Gasteiger partial charge on any atom is 0.272 e. The molecule has 1 amide bonds. The maximum atomic E-state index is 13.1. The molecule has 0 unspecified atom stereocenters. The van der Waals surface area contributed by atoms with Gasteiger partial charge in [0.1, 0.15) is 0 Å². The molecule has 0 atom stereocenters. The molecule has 0 aliphatic heterocycles. The first-order chi connectivity index (χ1) is 16.5. The lowest BCUT2D eigenvalue weighted by atomic mass is 10.0. The predicted octanol–water partition coefficient (Wildman–Crippen LogP) is 5.00. The van der Waals surface area contributed by atoms with Crippen LogP contribution in [0.2, 0.25) is 0 Å². The number of ether oxygens (including phenoxy) is 3. The Morgan fingerprint density at radius 2 is 1.59 bits per heavy atom. The van der Waals surface area contributed by atoms with Gasteiger partial charge < -0.3 is 14.2 Å². The SMILES string of the molecule is COc1cc(/C=N/NC(=O)c2cc(-c3ccc(C)cc3)nc3ccccc23)cc(OC)c1OC. The summed E-state index contributed by atoms with van der Waals surface area (Å²) in [5.41, 5.74) is 7.33. The molecule has 4 aromatic rings. The summed E-state index contributed by atoms with van der Waals surface area (Å²) in [5.74, 6) is 1.14. The van der Waals surface area contributed by atoms with E-state index in [0.717, 1.165) is 27.7 Å². The number of carbonyl (C=O) groups is 1. The number of pyridine rings is 1. The number of methoxy groups -OCH3 is 3. The quantitative estimate of drug-likeness (QED) is 0.313. The highest BCUT2D eigenvalue weighted by Crippen LogP contribution is 2.37. The van der Waals surface area contributed by atoms with Crippen molar-refractivity contribution in [3.63, 3.8) is 0 Å². The zero-order chi connectivity index (χ0) is 24.1. The second kappa shape index (κ2) is 10.0. The molecule has 0 saturated heterocycles. The molecule has 7 heteroatoms. The zero-order valence-corrected chi connectivity index (χ0v) is 19.5. The number of rotatable bonds is 7. The van der Waals surface area contributed by atoms with Crippen molar-refractivity contribution >= 4 is 23.0 Å². The van der Waals surface area contributed by atoms with E-state index in [1.54, 1.807) is 32.4 Å². The topological polar surface area (TPSA) is 82.0 Å². The lowest BCUT2D eigenvalue weighted by Crippen LogP contribution is -2.18. The van der Waals surface area contributed by atoms with Crippen molar-refractivity contribution in [2.75, 3.05) is 21.3 Å². The van der Waals surface area contributed by atoms with Crippen LogP contribution in [0.5, 0.6) is 17.2 Å². The Balaban J connectivity index is 1.64. The van der Waals surface area contributed by atoms with Crippen molar-refractivity contribution in [3.05, 3.63) is 83.4 Å². The number of fused-ring (bicyclic) bond motifs is 1. The van der Waals surface area contributed by atoms with Gasteiger partial charge in [-0.15, -0.1) is 0 Å². The number of aromatic nitrogens is 1. The smallest absolute Gasteiger partial charge is 0.272 e. The number of nitrogens with one attached hydrogen (secondary N) is 1. The third-order valence-electron chi connectivity index (χ3n) is 5.37. The zero-order valence-electron chi connectivity index (χ0n) is 19.5. The molecular formula is C27H25N3O4. The Hall–Kier alpha value is -4.39. The average molecular weight is 456 g/mol. The summed E-state index contributed by atoms with van der Waals surface area (Å²) in [6, 6.07) is 20.9. The summed E-state index contributed by atoms with van der Waals surface area (Å²) in [5, 5.41) is 4.90. The number of hydrazone groups is 1. The molecule has 4 rings (SSSR count). The molecule has 3 aromatic carbocycles. The van der Waals surface area contributed by atoms with Crippen LogP contribution in [-0.4, -0.2) is 38.4 Å². The third kappa shape index (κ3) is 4.68. The summed E-state index contributed by atoms with van der Waals surface area (Å²) >= 11 is 0. The fraction of sp³-hybridized carbons (Fsp3) is 0.148. The summed E-state index contributed by atoms with van der Waals surface area (Å²) in [7, 11) is 4.62. The molecule has 1 aromatic heterocycles. The molecule has 0 aliphatic rings. The van der Waals surface area contributed by atoms with E-state index in [0.29, 0.717) is 28.4 Å². The van der Waals surface area contributed by atoms with Gasteiger partial charge in [-0.25, -0.2) is 10.4 Å². The summed E-state index contributed by atoms with van der Waals surface area (Å²) in [6.07, 6.45) is 1.52. The van der Waals surface area contributed by atoms with Crippen LogP contribution >= 0.6 is 0 Å². The molecule has 0 aliphatic carbocycles. The van der Waals surface area contributed by atoms with Gasteiger partial charge in [0.2, 0.25) is 5.75 Å². The summed E-state index contributed by atoms with van der Waals surface area (Å²) < 4.78 is 16.1. The highest BCUT2D eigenvalue weighted by molar-refractivity contribution is 6.07. The number of hydrogen-bond donors (Lipinski definition) is 1. The van der Waals surface area contributed by atoms with Crippen molar-refractivity contribution in [3.8, 4) is 28.5 Å². The molecule has 172 valence electrons. The van der Waals surface area contributed by atoms with Gasteiger partial charge in [-0.05, 0) is 31.2 Å². The standard InChI is InChI=1S/C27H25N3O4/c1-17-9-11-19(12-10-17)23-15-21(20-7-5-6-8-22(20)29-23)27(31)30-28-16-18-13-24(32-2)26(34-4)25(14-18)33-3/h5-16H,1-4H3,(H,30,31)/b28-16+. The average Bonchev–Trinajstić information content (AvgIpc) is 2.87. The van der Waals surface area contributed by atoms with E-state index in [1.807, 2.05) is 55.5 Å². The Bertz CT molecular complexity index is 1340. The molecule has 0 spiro atoms. The van der Waals surface area contributed by atoms with Gasteiger partial charge >= 0.3 is 0 Å². The van der Waals surface area contributed by atoms with Gasteiger partial charge in [-0.2, -0.15) is 5.10 Å².